The summed E-state index contributed by atoms with van der Waals surface area (Å²) in [5.74, 6) is 0.311. The lowest BCUT2D eigenvalue weighted by molar-refractivity contribution is 0.387. The molecule has 1 saturated heterocycles. The number of thioether (sulfide) groups is 1. The van der Waals surface area contributed by atoms with E-state index < -0.39 is 15.8 Å². The first-order chi connectivity index (χ1) is 8.72. The molecule has 1 heterocycles. The van der Waals surface area contributed by atoms with Crippen LogP contribution in [0.4, 0.5) is 4.39 Å². The number of nitrogens with zero attached hydrogens (tertiary/aromatic N) is 1. The molecular weight excluding hydrogens is 353 g/mol. The summed E-state index contributed by atoms with van der Waals surface area (Å²) < 4.78 is 39.8. The summed E-state index contributed by atoms with van der Waals surface area (Å²) in [6.45, 7) is 5.00. The smallest absolute Gasteiger partial charge is 0.207 e. The molecule has 0 unspecified atom stereocenters. The number of rotatable bonds is 2. The minimum absolute atomic E-state index is 0.0994. The molecule has 0 atom stereocenters. The van der Waals surface area contributed by atoms with Gasteiger partial charge in [-0.05, 0) is 48.0 Å². The van der Waals surface area contributed by atoms with Crippen molar-refractivity contribution in [2.45, 2.75) is 23.5 Å². The number of halogens is 2. The minimum Gasteiger partial charge on any atom is -0.207 e. The van der Waals surface area contributed by atoms with Crippen LogP contribution in [-0.2, 0) is 10.0 Å². The molecule has 0 radical (unpaired) electrons. The second kappa shape index (κ2) is 5.35. The summed E-state index contributed by atoms with van der Waals surface area (Å²) in [5, 5.41) is 0. The van der Waals surface area contributed by atoms with E-state index in [-0.39, 0.29) is 14.1 Å². The molecule has 19 heavy (non-hydrogen) atoms. The second-order valence-corrected chi connectivity index (χ2v) is 9.58. The Morgan fingerprint density at radius 2 is 2.11 bits per heavy atom. The van der Waals surface area contributed by atoms with Crippen LogP contribution >= 0.6 is 27.7 Å². The van der Waals surface area contributed by atoms with Crippen LogP contribution < -0.4 is 0 Å². The predicted octanol–water partition coefficient (Wildman–Crippen LogP) is 3.10. The summed E-state index contributed by atoms with van der Waals surface area (Å²) in [6.07, 6.45) is 0. The first-order valence-electron chi connectivity index (χ1n) is 5.81. The number of sulfonamides is 1. The summed E-state index contributed by atoms with van der Waals surface area (Å²) in [5.41, 5.74) is 0. The fourth-order valence-corrected chi connectivity index (χ4v) is 5.92. The van der Waals surface area contributed by atoms with Crippen molar-refractivity contribution < 1.29 is 12.8 Å². The van der Waals surface area contributed by atoms with Crippen LogP contribution in [0, 0.1) is 5.82 Å². The van der Waals surface area contributed by atoms with Crippen molar-refractivity contribution >= 4 is 37.7 Å². The highest BCUT2D eigenvalue weighted by atomic mass is 79.9. The largest absolute Gasteiger partial charge is 0.244 e. The van der Waals surface area contributed by atoms with Gasteiger partial charge in [-0.25, -0.2) is 12.8 Å². The van der Waals surface area contributed by atoms with Gasteiger partial charge in [0.1, 0.15) is 5.82 Å². The Morgan fingerprint density at radius 1 is 1.42 bits per heavy atom. The fourth-order valence-electron chi connectivity index (χ4n) is 2.00. The maximum absolute atomic E-state index is 13.1. The highest BCUT2D eigenvalue weighted by Gasteiger charge is 2.35. The third kappa shape index (κ3) is 3.32. The molecule has 0 amide bonds. The van der Waals surface area contributed by atoms with Crippen molar-refractivity contribution in [2.75, 3.05) is 18.8 Å². The molecule has 0 aromatic heterocycles. The summed E-state index contributed by atoms with van der Waals surface area (Å²) in [4.78, 5) is 0.122. The van der Waals surface area contributed by atoms with Crippen molar-refractivity contribution in [1.82, 2.24) is 4.31 Å². The zero-order chi connectivity index (χ0) is 14.3. The van der Waals surface area contributed by atoms with E-state index in [4.69, 9.17) is 0 Å². The van der Waals surface area contributed by atoms with Gasteiger partial charge in [0, 0.05) is 28.1 Å². The van der Waals surface area contributed by atoms with Crippen molar-refractivity contribution in [1.29, 1.82) is 0 Å². The zero-order valence-electron chi connectivity index (χ0n) is 10.7. The van der Waals surface area contributed by atoms with Crippen molar-refractivity contribution in [3.63, 3.8) is 0 Å². The van der Waals surface area contributed by atoms with E-state index in [1.165, 1.54) is 22.5 Å². The summed E-state index contributed by atoms with van der Waals surface area (Å²) >= 11 is 4.89. The topological polar surface area (TPSA) is 37.4 Å². The van der Waals surface area contributed by atoms with Gasteiger partial charge >= 0.3 is 0 Å². The Bertz CT molecular complexity index is 589. The lowest BCUT2D eigenvalue weighted by Gasteiger charge is -2.36. The van der Waals surface area contributed by atoms with Gasteiger partial charge in [-0.2, -0.15) is 16.1 Å². The maximum Gasteiger partial charge on any atom is 0.244 e. The maximum atomic E-state index is 13.1. The Kier molecular flexibility index (Phi) is 4.30. The molecule has 7 heteroatoms. The lowest BCUT2D eigenvalue weighted by atomic mass is 10.2. The molecule has 0 aliphatic carbocycles. The first-order valence-corrected chi connectivity index (χ1v) is 9.03. The molecule has 1 fully saturated rings. The minimum atomic E-state index is -3.57. The molecule has 0 spiro atoms. The van der Waals surface area contributed by atoms with E-state index in [0.717, 1.165) is 5.75 Å². The van der Waals surface area contributed by atoms with Crippen LogP contribution in [0.25, 0.3) is 0 Å². The standard InChI is InChI=1S/C12H15BrFNO2S2/c1-12(2)8-15(5-6-18-12)19(16,17)11-4-3-9(14)7-10(11)13/h3-4,7H,5-6,8H2,1-2H3. The normalized spacial score (nSPS) is 20.4. The van der Waals surface area contributed by atoms with Gasteiger partial charge in [-0.1, -0.05) is 0 Å². The first kappa shape index (κ1) is 15.3. The van der Waals surface area contributed by atoms with Gasteiger partial charge in [0.15, 0.2) is 0 Å². The third-order valence-electron chi connectivity index (χ3n) is 2.90. The van der Waals surface area contributed by atoms with E-state index in [9.17, 15) is 12.8 Å². The van der Waals surface area contributed by atoms with Gasteiger partial charge in [-0.3, -0.25) is 0 Å². The number of hydrogen-bond acceptors (Lipinski definition) is 3. The Morgan fingerprint density at radius 3 is 2.68 bits per heavy atom. The molecular formula is C12H15BrFNO2S2. The molecule has 0 bridgehead atoms. The molecule has 2 rings (SSSR count). The van der Waals surface area contributed by atoms with Gasteiger partial charge in [0.05, 0.1) is 4.90 Å². The SMILES string of the molecule is CC1(C)CN(S(=O)(=O)c2ccc(F)cc2Br)CCS1. The highest BCUT2D eigenvalue weighted by Crippen LogP contribution is 2.34. The van der Waals surface area contributed by atoms with Crippen LogP contribution in [0.5, 0.6) is 0 Å². The van der Waals surface area contributed by atoms with Crippen LogP contribution in [-0.4, -0.2) is 36.3 Å². The van der Waals surface area contributed by atoms with E-state index >= 15 is 0 Å². The van der Waals surface area contributed by atoms with Gasteiger partial charge in [0.25, 0.3) is 0 Å². The molecule has 3 nitrogen and oxygen atoms in total. The summed E-state index contributed by atoms with van der Waals surface area (Å²) in [7, 11) is -3.57. The van der Waals surface area contributed by atoms with Gasteiger partial charge in [-0.15, -0.1) is 0 Å². The predicted molar refractivity (Wildman–Crippen MR) is 79.4 cm³/mol. The van der Waals surface area contributed by atoms with E-state index in [1.54, 1.807) is 11.8 Å². The van der Waals surface area contributed by atoms with E-state index in [1.807, 2.05) is 13.8 Å². The average molecular weight is 368 g/mol. The molecule has 1 aromatic carbocycles. The molecule has 0 saturated carbocycles. The van der Waals surface area contributed by atoms with Gasteiger partial charge < -0.3 is 0 Å². The van der Waals surface area contributed by atoms with Gasteiger partial charge in [0.2, 0.25) is 10.0 Å². The number of benzene rings is 1. The molecule has 1 aliphatic heterocycles. The molecule has 0 N–H and O–H groups in total. The van der Waals surface area contributed by atoms with Crippen molar-refractivity contribution in [3.8, 4) is 0 Å². The van der Waals surface area contributed by atoms with Crippen LogP contribution in [0.1, 0.15) is 13.8 Å². The second-order valence-electron chi connectivity index (χ2n) is 5.02. The fraction of sp³-hybridized carbons (Fsp3) is 0.500. The molecule has 1 aromatic rings. The van der Waals surface area contributed by atoms with Crippen LogP contribution in [0.3, 0.4) is 0 Å². The molecule has 106 valence electrons. The Hall–Kier alpha value is -0.110. The third-order valence-corrected chi connectivity index (χ3v) is 7.02. The number of hydrogen-bond donors (Lipinski definition) is 0. The van der Waals surface area contributed by atoms with Crippen molar-refractivity contribution in [3.05, 3.63) is 28.5 Å². The van der Waals surface area contributed by atoms with E-state index in [0.29, 0.717) is 13.1 Å². The summed E-state index contributed by atoms with van der Waals surface area (Å²) in [6, 6.07) is 3.65. The highest BCUT2D eigenvalue weighted by molar-refractivity contribution is 9.10. The monoisotopic (exact) mass is 367 g/mol. The average Bonchev–Trinajstić information content (AvgIpc) is 2.27. The quantitative estimate of drug-likeness (QED) is 0.805. The van der Waals surface area contributed by atoms with E-state index in [2.05, 4.69) is 15.9 Å². The van der Waals surface area contributed by atoms with Crippen LogP contribution in [0.15, 0.2) is 27.6 Å². The Labute approximate surface area is 125 Å². The lowest BCUT2D eigenvalue weighted by Crippen LogP contribution is -2.46. The Balaban J connectivity index is 2.37. The van der Waals surface area contributed by atoms with Crippen LogP contribution in [0.2, 0.25) is 0 Å². The molecule has 1 aliphatic rings. The van der Waals surface area contributed by atoms with Crippen molar-refractivity contribution in [2.24, 2.45) is 0 Å². The zero-order valence-corrected chi connectivity index (χ0v) is 13.9.